The summed E-state index contributed by atoms with van der Waals surface area (Å²) in [4.78, 5) is 0. The smallest absolute Gasteiger partial charge is 0.0158 e. The van der Waals surface area contributed by atoms with Crippen LogP contribution in [0.5, 0.6) is 0 Å². The molecule has 0 saturated heterocycles. The van der Waals surface area contributed by atoms with Gasteiger partial charge in [0.15, 0.2) is 0 Å². The highest BCUT2D eigenvalue weighted by Gasteiger charge is 1.96. The number of hydrogen-bond acceptors (Lipinski definition) is 0. The summed E-state index contributed by atoms with van der Waals surface area (Å²) in [5, 5.41) is 0. The molecule has 0 N–H and O–H groups in total. The number of aryl methyl sites for hydroxylation is 1. The summed E-state index contributed by atoms with van der Waals surface area (Å²) >= 11 is 0. The second-order valence-corrected chi connectivity index (χ2v) is 2.78. The maximum atomic E-state index is 3.78. The molecule has 0 spiro atoms. The highest BCUT2D eigenvalue weighted by atomic mass is 14.0. The van der Waals surface area contributed by atoms with E-state index in [1.54, 1.807) is 0 Å². The second kappa shape index (κ2) is 9.26. The van der Waals surface area contributed by atoms with E-state index in [-0.39, 0.29) is 7.43 Å². The maximum absolute atomic E-state index is 3.78. The van der Waals surface area contributed by atoms with Gasteiger partial charge in [0.05, 0.1) is 0 Å². The Kier molecular flexibility index (Phi) is 9.97. The van der Waals surface area contributed by atoms with Crippen molar-refractivity contribution in [2.75, 3.05) is 0 Å². The van der Waals surface area contributed by atoms with E-state index in [4.69, 9.17) is 0 Å². The molecule has 1 aromatic carbocycles. The summed E-state index contributed by atoms with van der Waals surface area (Å²) in [6, 6.07) is 6.25. The van der Waals surface area contributed by atoms with E-state index < -0.39 is 0 Å². The van der Waals surface area contributed by atoms with Gasteiger partial charge in [0.1, 0.15) is 0 Å². The van der Waals surface area contributed by atoms with Gasteiger partial charge in [-0.25, -0.2) is 0 Å². The van der Waals surface area contributed by atoms with E-state index in [1.807, 2.05) is 26.8 Å². The molecule has 0 heterocycles. The van der Waals surface area contributed by atoms with Crippen LogP contribution < -0.4 is 0 Å². The summed E-state index contributed by atoms with van der Waals surface area (Å²) < 4.78 is 0. The molecule has 15 heavy (non-hydrogen) atoms. The van der Waals surface area contributed by atoms with Gasteiger partial charge in [-0.2, -0.15) is 0 Å². The lowest BCUT2D eigenvalue weighted by Crippen LogP contribution is -1.84. The Morgan fingerprint density at radius 2 is 1.80 bits per heavy atom. The van der Waals surface area contributed by atoms with Crippen LogP contribution in [-0.2, 0) is 0 Å². The van der Waals surface area contributed by atoms with Crippen molar-refractivity contribution in [3.05, 3.63) is 47.5 Å². The van der Waals surface area contributed by atoms with Gasteiger partial charge in [-0.15, -0.1) is 0 Å². The van der Waals surface area contributed by atoms with Crippen LogP contribution in [0.2, 0.25) is 0 Å². The zero-order valence-corrected chi connectivity index (χ0v) is 9.67. The van der Waals surface area contributed by atoms with Crippen molar-refractivity contribution in [3.8, 4) is 0 Å². The molecule has 1 rings (SSSR count). The first-order valence-corrected chi connectivity index (χ1v) is 5.14. The third-order valence-corrected chi connectivity index (χ3v) is 1.91. The first-order valence-electron chi connectivity index (χ1n) is 5.14. The maximum Gasteiger partial charge on any atom is -0.0158 e. The van der Waals surface area contributed by atoms with Crippen LogP contribution in [0.25, 0.3) is 12.2 Å². The normalized spacial score (nSPS) is 8.80. The predicted octanol–water partition coefficient (Wildman–Crippen LogP) is 5.33. The van der Waals surface area contributed by atoms with Crippen molar-refractivity contribution in [1.29, 1.82) is 0 Å². The molecule has 0 fully saturated rings. The fourth-order valence-corrected chi connectivity index (χ4v) is 1.28. The van der Waals surface area contributed by atoms with Crippen molar-refractivity contribution < 1.29 is 0 Å². The molecular formula is C15H24. The minimum absolute atomic E-state index is 0. The lowest BCUT2D eigenvalue weighted by molar-refractivity contribution is 1.43. The molecule has 0 aliphatic rings. The van der Waals surface area contributed by atoms with Crippen molar-refractivity contribution in [2.45, 2.75) is 35.1 Å². The number of benzene rings is 1. The van der Waals surface area contributed by atoms with E-state index in [0.29, 0.717) is 0 Å². The van der Waals surface area contributed by atoms with Crippen LogP contribution in [0.1, 0.15) is 44.9 Å². The van der Waals surface area contributed by atoms with Crippen LogP contribution in [0.4, 0.5) is 0 Å². The zero-order valence-electron chi connectivity index (χ0n) is 9.67. The van der Waals surface area contributed by atoms with Crippen molar-refractivity contribution in [2.24, 2.45) is 0 Å². The van der Waals surface area contributed by atoms with Gasteiger partial charge in [0, 0.05) is 0 Å². The Morgan fingerprint density at radius 1 is 1.20 bits per heavy atom. The highest BCUT2D eigenvalue weighted by Crippen LogP contribution is 2.16. The van der Waals surface area contributed by atoms with E-state index in [2.05, 4.69) is 43.9 Å². The van der Waals surface area contributed by atoms with E-state index in [1.165, 1.54) is 16.7 Å². The topological polar surface area (TPSA) is 0 Å². The number of rotatable bonds is 2. The molecule has 0 bridgehead atoms. The summed E-state index contributed by atoms with van der Waals surface area (Å²) in [5.41, 5.74) is 3.77. The van der Waals surface area contributed by atoms with Gasteiger partial charge in [-0.1, -0.05) is 64.3 Å². The van der Waals surface area contributed by atoms with Gasteiger partial charge in [-0.3, -0.25) is 0 Å². The minimum Gasteiger partial charge on any atom is -0.0984 e. The molecule has 0 atom stereocenters. The third-order valence-electron chi connectivity index (χ3n) is 1.91. The van der Waals surface area contributed by atoms with Crippen LogP contribution in [-0.4, -0.2) is 0 Å². The standard InChI is InChI=1S/C12H14.C2H6.CH4/c1-4-7-12-10(3)8-6-9-11(12)5-2;1-2;/h4-9H,2H2,1,3H3;1-2H3;1H4/b7-4-;;. The Morgan fingerprint density at radius 3 is 2.27 bits per heavy atom. The highest BCUT2D eigenvalue weighted by molar-refractivity contribution is 5.66. The van der Waals surface area contributed by atoms with Gasteiger partial charge >= 0.3 is 0 Å². The first kappa shape index (κ1) is 16.1. The summed E-state index contributed by atoms with van der Waals surface area (Å²) in [5.74, 6) is 0. The van der Waals surface area contributed by atoms with Crippen LogP contribution in [0.3, 0.4) is 0 Å². The van der Waals surface area contributed by atoms with Gasteiger partial charge in [0.25, 0.3) is 0 Å². The summed E-state index contributed by atoms with van der Waals surface area (Å²) in [6.45, 7) is 11.9. The number of allylic oxidation sites excluding steroid dienone is 1. The van der Waals surface area contributed by atoms with Gasteiger partial charge in [0.2, 0.25) is 0 Å². The molecule has 0 radical (unpaired) electrons. The first-order chi connectivity index (χ1) is 6.79. The second-order valence-electron chi connectivity index (χ2n) is 2.78. The van der Waals surface area contributed by atoms with Crippen LogP contribution in [0.15, 0.2) is 30.9 Å². The summed E-state index contributed by atoms with van der Waals surface area (Å²) in [6.07, 6.45) is 6.06. The Hall–Kier alpha value is -1.30. The Balaban J connectivity index is 0. The molecule has 0 aliphatic heterocycles. The van der Waals surface area contributed by atoms with Gasteiger partial charge < -0.3 is 0 Å². The average Bonchev–Trinajstić information content (AvgIpc) is 2.24. The molecule has 84 valence electrons. The number of hydrogen-bond donors (Lipinski definition) is 0. The Labute approximate surface area is 95.3 Å². The SMILES string of the molecule is C.C=Cc1cccc(C)c1/C=C\C.CC. The lowest BCUT2D eigenvalue weighted by atomic mass is 10.0. The fourth-order valence-electron chi connectivity index (χ4n) is 1.28. The average molecular weight is 204 g/mol. The molecule has 1 aromatic rings. The molecule has 0 aromatic heterocycles. The lowest BCUT2D eigenvalue weighted by Gasteiger charge is -2.03. The quantitative estimate of drug-likeness (QED) is 0.610. The monoisotopic (exact) mass is 204 g/mol. The molecule has 0 saturated carbocycles. The molecule has 0 unspecified atom stereocenters. The van der Waals surface area contributed by atoms with E-state index in [0.717, 1.165) is 0 Å². The molecule has 0 nitrogen and oxygen atoms in total. The fraction of sp³-hybridized carbons (Fsp3) is 0.333. The zero-order chi connectivity index (χ0) is 11.0. The minimum atomic E-state index is 0. The predicted molar refractivity (Wildman–Crippen MR) is 74.1 cm³/mol. The van der Waals surface area contributed by atoms with E-state index in [9.17, 15) is 0 Å². The molecule has 0 heteroatoms. The third kappa shape index (κ3) is 4.64. The van der Waals surface area contributed by atoms with Crippen molar-refractivity contribution >= 4 is 12.2 Å². The van der Waals surface area contributed by atoms with Crippen molar-refractivity contribution in [1.82, 2.24) is 0 Å². The molecular weight excluding hydrogens is 180 g/mol. The largest absolute Gasteiger partial charge is 0.0984 e. The van der Waals surface area contributed by atoms with Crippen LogP contribution >= 0.6 is 0 Å². The molecule has 0 amide bonds. The molecule has 0 aliphatic carbocycles. The Bertz CT molecular complexity index is 306. The van der Waals surface area contributed by atoms with Crippen molar-refractivity contribution in [3.63, 3.8) is 0 Å². The van der Waals surface area contributed by atoms with E-state index >= 15 is 0 Å². The van der Waals surface area contributed by atoms with Crippen LogP contribution in [0, 0.1) is 6.92 Å². The van der Waals surface area contributed by atoms with Gasteiger partial charge in [-0.05, 0) is 30.5 Å². The summed E-state index contributed by atoms with van der Waals surface area (Å²) in [7, 11) is 0.